The van der Waals surface area contributed by atoms with Crippen LogP contribution in [0.15, 0.2) is 18.2 Å². The second kappa shape index (κ2) is 4.70. The maximum absolute atomic E-state index is 6.08. The predicted molar refractivity (Wildman–Crippen MR) is 78.5 cm³/mol. The maximum atomic E-state index is 6.08. The van der Waals surface area contributed by atoms with Crippen molar-refractivity contribution in [2.24, 2.45) is 0 Å². The summed E-state index contributed by atoms with van der Waals surface area (Å²) in [6.45, 7) is 2.89. The quantitative estimate of drug-likeness (QED) is 0.839. The van der Waals surface area contributed by atoms with E-state index >= 15 is 0 Å². The number of nitrogens with one attached hydrogen (secondary N) is 1. The molecule has 98 valence electrons. The second-order valence-electron chi connectivity index (χ2n) is 4.58. The highest BCUT2D eigenvalue weighted by atomic mass is 35.5. The topological polar surface area (TPSA) is 63.8 Å². The third kappa shape index (κ3) is 2.12. The molecule has 0 spiro atoms. The number of hydrogen-bond acceptors (Lipinski definition) is 4. The molecule has 0 bridgehead atoms. The van der Waals surface area contributed by atoms with Gasteiger partial charge in [0.05, 0.1) is 5.69 Å². The molecular formula is C14H15ClN4. The molecule has 0 atom stereocenters. The van der Waals surface area contributed by atoms with Crippen molar-refractivity contribution in [3.05, 3.63) is 34.5 Å². The predicted octanol–water partition coefficient (Wildman–Crippen LogP) is 2.91. The summed E-state index contributed by atoms with van der Waals surface area (Å²) in [5.41, 5.74) is 10.2. The lowest BCUT2D eigenvalue weighted by atomic mass is 9.97. The van der Waals surface area contributed by atoms with E-state index in [0.717, 1.165) is 47.0 Å². The van der Waals surface area contributed by atoms with E-state index in [2.05, 4.69) is 22.2 Å². The van der Waals surface area contributed by atoms with Crippen molar-refractivity contribution in [1.29, 1.82) is 0 Å². The summed E-state index contributed by atoms with van der Waals surface area (Å²) in [6.07, 6.45) is 1.73. The molecule has 3 N–H and O–H groups in total. The number of hydrogen-bond donors (Lipinski definition) is 2. The number of aryl methyl sites for hydroxylation is 1. The first-order valence-electron chi connectivity index (χ1n) is 6.38. The molecule has 1 aromatic carbocycles. The Balaban J connectivity index is 2.30. The van der Waals surface area contributed by atoms with Crippen LogP contribution in [0.5, 0.6) is 0 Å². The third-order valence-electron chi connectivity index (χ3n) is 3.36. The Bertz CT molecular complexity index is 640. The first-order valence-corrected chi connectivity index (χ1v) is 6.76. The van der Waals surface area contributed by atoms with Crippen LogP contribution in [-0.4, -0.2) is 16.5 Å². The highest BCUT2D eigenvalue weighted by molar-refractivity contribution is 6.30. The minimum absolute atomic E-state index is 0.320. The molecule has 0 aliphatic carbocycles. The van der Waals surface area contributed by atoms with Gasteiger partial charge in [0.25, 0.3) is 0 Å². The largest absolute Gasteiger partial charge is 0.369 e. The van der Waals surface area contributed by atoms with Gasteiger partial charge in [-0.25, -0.2) is 4.98 Å². The molecule has 2 aromatic rings. The first-order chi connectivity index (χ1) is 9.19. The SMILES string of the molecule is CCc1nc(N)nc2c1-c1ccc(Cl)cc1CCN2. The lowest BCUT2D eigenvalue weighted by Crippen LogP contribution is -2.08. The van der Waals surface area contributed by atoms with Crippen molar-refractivity contribution in [1.82, 2.24) is 9.97 Å². The fourth-order valence-electron chi connectivity index (χ4n) is 2.52. The van der Waals surface area contributed by atoms with Gasteiger partial charge in [-0.15, -0.1) is 0 Å². The van der Waals surface area contributed by atoms with Crippen molar-refractivity contribution in [2.45, 2.75) is 19.8 Å². The van der Waals surface area contributed by atoms with E-state index in [-0.39, 0.29) is 0 Å². The third-order valence-corrected chi connectivity index (χ3v) is 3.59. The number of anilines is 2. The Kier molecular flexibility index (Phi) is 3.03. The van der Waals surface area contributed by atoms with Crippen molar-refractivity contribution >= 4 is 23.4 Å². The summed E-state index contributed by atoms with van der Waals surface area (Å²) in [7, 11) is 0. The molecule has 2 heterocycles. The fourth-order valence-corrected chi connectivity index (χ4v) is 2.72. The van der Waals surface area contributed by atoms with Crippen LogP contribution in [0.1, 0.15) is 18.2 Å². The van der Waals surface area contributed by atoms with Gasteiger partial charge in [0.2, 0.25) is 5.95 Å². The minimum atomic E-state index is 0.320. The van der Waals surface area contributed by atoms with E-state index in [1.807, 2.05) is 18.2 Å². The van der Waals surface area contributed by atoms with Gasteiger partial charge in [-0.3, -0.25) is 0 Å². The van der Waals surface area contributed by atoms with Gasteiger partial charge in [-0.05, 0) is 36.1 Å². The van der Waals surface area contributed by atoms with Crippen molar-refractivity contribution in [3.8, 4) is 11.1 Å². The average molecular weight is 275 g/mol. The number of rotatable bonds is 1. The van der Waals surface area contributed by atoms with Gasteiger partial charge >= 0.3 is 0 Å². The average Bonchev–Trinajstić information content (AvgIpc) is 2.56. The monoisotopic (exact) mass is 274 g/mol. The van der Waals surface area contributed by atoms with Crippen LogP contribution in [0.25, 0.3) is 11.1 Å². The molecule has 0 radical (unpaired) electrons. The van der Waals surface area contributed by atoms with E-state index in [1.165, 1.54) is 5.56 Å². The van der Waals surface area contributed by atoms with E-state index in [4.69, 9.17) is 17.3 Å². The summed E-state index contributed by atoms with van der Waals surface area (Å²) in [6, 6.07) is 5.97. The standard InChI is InChI=1S/C14H15ClN4/c1-2-11-12-10-4-3-9(15)7-8(10)5-6-17-13(12)19-14(16)18-11/h3-4,7H,2,5-6H2,1H3,(H3,16,17,18,19). The zero-order chi connectivity index (χ0) is 13.4. The van der Waals surface area contributed by atoms with E-state index < -0.39 is 0 Å². The van der Waals surface area contributed by atoms with Crippen LogP contribution in [0.4, 0.5) is 11.8 Å². The molecule has 1 aliphatic rings. The van der Waals surface area contributed by atoms with Crippen molar-refractivity contribution in [2.75, 3.05) is 17.6 Å². The summed E-state index contributed by atoms with van der Waals surface area (Å²) in [4.78, 5) is 8.69. The molecule has 1 aliphatic heterocycles. The van der Waals surface area contributed by atoms with Gasteiger partial charge in [0, 0.05) is 17.1 Å². The maximum Gasteiger partial charge on any atom is 0.222 e. The van der Waals surface area contributed by atoms with Gasteiger partial charge in [-0.1, -0.05) is 24.6 Å². The summed E-state index contributed by atoms with van der Waals surface area (Å²) in [5.74, 6) is 1.14. The summed E-state index contributed by atoms with van der Waals surface area (Å²) in [5, 5.41) is 4.09. The Morgan fingerprint density at radius 2 is 2.21 bits per heavy atom. The normalized spacial score (nSPS) is 13.2. The Morgan fingerprint density at radius 3 is 3.00 bits per heavy atom. The number of nitrogens with zero attached hydrogens (tertiary/aromatic N) is 2. The second-order valence-corrected chi connectivity index (χ2v) is 5.02. The van der Waals surface area contributed by atoms with Gasteiger partial charge in [0.15, 0.2) is 0 Å². The lowest BCUT2D eigenvalue weighted by Gasteiger charge is -2.13. The summed E-state index contributed by atoms with van der Waals surface area (Å²) >= 11 is 6.08. The lowest BCUT2D eigenvalue weighted by molar-refractivity contribution is 1.00. The summed E-state index contributed by atoms with van der Waals surface area (Å²) < 4.78 is 0. The van der Waals surface area contributed by atoms with Gasteiger partial charge < -0.3 is 11.1 Å². The molecule has 0 fully saturated rings. The van der Waals surface area contributed by atoms with Crippen LogP contribution in [-0.2, 0) is 12.8 Å². The first kappa shape index (κ1) is 12.2. The number of nitrogens with two attached hydrogens (primary N) is 1. The van der Waals surface area contributed by atoms with Crippen LogP contribution in [0.2, 0.25) is 5.02 Å². The molecule has 19 heavy (non-hydrogen) atoms. The van der Waals surface area contributed by atoms with E-state index in [0.29, 0.717) is 5.95 Å². The molecule has 0 saturated heterocycles. The number of nitrogen functional groups attached to an aromatic ring is 1. The smallest absolute Gasteiger partial charge is 0.222 e. The van der Waals surface area contributed by atoms with Crippen molar-refractivity contribution < 1.29 is 0 Å². The molecule has 5 heteroatoms. The molecule has 1 aromatic heterocycles. The van der Waals surface area contributed by atoms with Crippen LogP contribution >= 0.6 is 11.6 Å². The van der Waals surface area contributed by atoms with E-state index in [9.17, 15) is 0 Å². The zero-order valence-electron chi connectivity index (χ0n) is 10.7. The Hall–Kier alpha value is -1.81. The highest BCUT2D eigenvalue weighted by Gasteiger charge is 2.20. The molecule has 3 rings (SSSR count). The number of aromatic nitrogens is 2. The molecule has 0 saturated carbocycles. The van der Waals surface area contributed by atoms with Crippen LogP contribution in [0, 0.1) is 0 Å². The number of halogens is 1. The molecule has 4 nitrogen and oxygen atoms in total. The Labute approximate surface area is 117 Å². The minimum Gasteiger partial charge on any atom is -0.369 e. The van der Waals surface area contributed by atoms with Crippen molar-refractivity contribution in [3.63, 3.8) is 0 Å². The number of benzene rings is 1. The molecule has 0 amide bonds. The van der Waals surface area contributed by atoms with Gasteiger partial charge in [-0.2, -0.15) is 4.98 Å². The molecular weight excluding hydrogens is 260 g/mol. The van der Waals surface area contributed by atoms with Gasteiger partial charge in [0.1, 0.15) is 5.82 Å². The fraction of sp³-hybridized carbons (Fsp3) is 0.286. The highest BCUT2D eigenvalue weighted by Crippen LogP contribution is 2.36. The Morgan fingerprint density at radius 1 is 1.37 bits per heavy atom. The van der Waals surface area contributed by atoms with E-state index in [1.54, 1.807) is 0 Å². The van der Waals surface area contributed by atoms with Crippen LogP contribution < -0.4 is 11.1 Å². The van der Waals surface area contributed by atoms with Crippen LogP contribution in [0.3, 0.4) is 0 Å². The molecule has 0 unspecified atom stereocenters. The zero-order valence-corrected chi connectivity index (χ0v) is 11.5. The number of fused-ring (bicyclic) bond motifs is 3.